The summed E-state index contributed by atoms with van der Waals surface area (Å²) in [5.41, 5.74) is 0.992. The largest absolute Gasteiger partial charge is 0.339 e. The fraction of sp³-hybridized carbons (Fsp3) is 0.471. The molecule has 0 spiro atoms. The number of hydrogen-bond donors (Lipinski definition) is 1. The first-order valence-electron chi connectivity index (χ1n) is 7.58. The van der Waals surface area contributed by atoms with Crippen LogP contribution in [0.2, 0.25) is 5.02 Å². The van der Waals surface area contributed by atoms with Crippen LogP contribution in [0.5, 0.6) is 0 Å². The highest BCUT2D eigenvalue weighted by Gasteiger charge is 2.35. The van der Waals surface area contributed by atoms with E-state index in [2.05, 4.69) is 5.32 Å². The number of rotatable bonds is 3. The Balaban J connectivity index is 1.60. The molecule has 3 rings (SSSR count). The zero-order valence-corrected chi connectivity index (χ0v) is 13.0. The lowest BCUT2D eigenvalue weighted by Gasteiger charge is -2.35. The van der Waals surface area contributed by atoms with Gasteiger partial charge < -0.3 is 10.2 Å². The lowest BCUT2D eigenvalue weighted by Crippen LogP contribution is -2.48. The average Bonchev–Trinajstić information content (AvgIpc) is 2.84. The van der Waals surface area contributed by atoms with E-state index in [0.717, 1.165) is 18.4 Å². The summed E-state index contributed by atoms with van der Waals surface area (Å²) in [6.45, 7) is 0. The molecule has 4 heteroatoms. The Bertz CT molecular complexity index is 528. The molecule has 112 valence electrons. The highest BCUT2D eigenvalue weighted by molar-refractivity contribution is 6.30. The third kappa shape index (κ3) is 3.47. The first kappa shape index (κ1) is 14.6. The molecule has 0 saturated carbocycles. The molecular weight excluding hydrogens is 284 g/mol. The molecule has 0 radical (unpaired) electrons. The van der Waals surface area contributed by atoms with E-state index in [9.17, 15) is 4.79 Å². The minimum Gasteiger partial charge on any atom is -0.339 e. The molecule has 1 aromatic rings. The molecule has 2 aliphatic heterocycles. The number of piperidine rings is 1. The molecule has 2 unspecified atom stereocenters. The van der Waals surface area contributed by atoms with Crippen LogP contribution in [0.15, 0.2) is 30.3 Å². The second kappa shape index (κ2) is 6.20. The Kier molecular flexibility index (Phi) is 4.32. The summed E-state index contributed by atoms with van der Waals surface area (Å²) in [4.78, 5) is 14.2. The van der Waals surface area contributed by atoms with Gasteiger partial charge in [0, 0.05) is 36.3 Å². The zero-order valence-electron chi connectivity index (χ0n) is 12.3. The smallest absolute Gasteiger partial charge is 0.246 e. The summed E-state index contributed by atoms with van der Waals surface area (Å²) in [5, 5.41) is 4.32. The molecular formula is C17H21ClN2O. The van der Waals surface area contributed by atoms with E-state index in [-0.39, 0.29) is 5.91 Å². The molecule has 1 N–H and O–H groups in total. The van der Waals surface area contributed by atoms with Crippen molar-refractivity contribution in [3.8, 4) is 0 Å². The lowest BCUT2D eigenvalue weighted by molar-refractivity contribution is -0.127. The monoisotopic (exact) mass is 304 g/mol. The van der Waals surface area contributed by atoms with Crippen molar-refractivity contribution < 1.29 is 4.79 Å². The molecule has 2 fully saturated rings. The molecule has 3 nitrogen and oxygen atoms in total. The zero-order chi connectivity index (χ0) is 14.8. The lowest BCUT2D eigenvalue weighted by atomic mass is 9.98. The van der Waals surface area contributed by atoms with Crippen molar-refractivity contribution in [1.82, 2.24) is 10.2 Å². The third-order valence-electron chi connectivity index (χ3n) is 4.63. The van der Waals surface area contributed by atoms with E-state index in [0.29, 0.717) is 23.1 Å². The quantitative estimate of drug-likeness (QED) is 0.870. The van der Waals surface area contributed by atoms with E-state index in [1.54, 1.807) is 6.08 Å². The van der Waals surface area contributed by atoms with Crippen LogP contribution in [0.1, 0.15) is 31.2 Å². The molecule has 2 atom stereocenters. The van der Waals surface area contributed by atoms with Crippen LogP contribution in [0.3, 0.4) is 0 Å². The van der Waals surface area contributed by atoms with E-state index in [1.165, 1.54) is 12.8 Å². The van der Waals surface area contributed by atoms with Gasteiger partial charge in [-0.05, 0) is 49.5 Å². The molecule has 0 aromatic heterocycles. The standard InChI is InChI=1S/C17H21ClN2O/c1-20(16-10-14-7-8-15(11-16)19-14)17(21)9-4-12-2-5-13(18)6-3-12/h2-6,9,14-16,19H,7-8,10-11H2,1H3. The van der Waals surface area contributed by atoms with Gasteiger partial charge in [0.2, 0.25) is 5.91 Å². The Hall–Kier alpha value is -1.32. The van der Waals surface area contributed by atoms with Crippen molar-refractivity contribution in [1.29, 1.82) is 0 Å². The molecule has 2 aliphatic rings. The molecule has 2 heterocycles. The average molecular weight is 305 g/mol. The minimum atomic E-state index is 0.0799. The van der Waals surface area contributed by atoms with Gasteiger partial charge >= 0.3 is 0 Å². The van der Waals surface area contributed by atoms with Gasteiger partial charge in [-0.1, -0.05) is 23.7 Å². The van der Waals surface area contributed by atoms with Crippen LogP contribution in [0, 0.1) is 0 Å². The predicted molar refractivity (Wildman–Crippen MR) is 86.2 cm³/mol. The molecule has 1 amide bonds. The highest BCUT2D eigenvalue weighted by atomic mass is 35.5. The normalized spacial score (nSPS) is 28.0. The van der Waals surface area contributed by atoms with Gasteiger partial charge in [-0.25, -0.2) is 0 Å². The van der Waals surface area contributed by atoms with Crippen LogP contribution >= 0.6 is 11.6 Å². The van der Waals surface area contributed by atoms with Crippen molar-refractivity contribution in [3.05, 3.63) is 40.9 Å². The molecule has 2 bridgehead atoms. The van der Waals surface area contributed by atoms with E-state index < -0.39 is 0 Å². The first-order chi connectivity index (χ1) is 10.1. The van der Waals surface area contributed by atoms with Crippen molar-refractivity contribution >= 4 is 23.6 Å². The van der Waals surface area contributed by atoms with Gasteiger partial charge in [-0.2, -0.15) is 0 Å². The third-order valence-corrected chi connectivity index (χ3v) is 4.88. The summed E-state index contributed by atoms with van der Waals surface area (Å²) in [6.07, 6.45) is 8.17. The second-order valence-corrected chi connectivity index (χ2v) is 6.53. The fourth-order valence-corrected chi connectivity index (χ4v) is 3.51. The van der Waals surface area contributed by atoms with Gasteiger partial charge in [0.15, 0.2) is 0 Å². The van der Waals surface area contributed by atoms with Gasteiger partial charge in [-0.3, -0.25) is 4.79 Å². The van der Waals surface area contributed by atoms with Crippen LogP contribution < -0.4 is 5.32 Å². The maximum atomic E-state index is 12.3. The Labute approximate surface area is 131 Å². The van der Waals surface area contributed by atoms with Crippen molar-refractivity contribution in [2.24, 2.45) is 0 Å². The van der Waals surface area contributed by atoms with E-state index >= 15 is 0 Å². The van der Waals surface area contributed by atoms with Gasteiger partial charge in [-0.15, -0.1) is 0 Å². The second-order valence-electron chi connectivity index (χ2n) is 6.10. The van der Waals surface area contributed by atoms with E-state index in [4.69, 9.17) is 11.6 Å². The number of fused-ring (bicyclic) bond motifs is 2. The van der Waals surface area contributed by atoms with Crippen LogP contribution in [-0.4, -0.2) is 36.0 Å². The van der Waals surface area contributed by atoms with Crippen LogP contribution in [0.4, 0.5) is 0 Å². The molecule has 21 heavy (non-hydrogen) atoms. The van der Waals surface area contributed by atoms with Crippen molar-refractivity contribution in [2.75, 3.05) is 7.05 Å². The van der Waals surface area contributed by atoms with Crippen molar-refractivity contribution in [2.45, 2.75) is 43.8 Å². The van der Waals surface area contributed by atoms with E-state index in [1.807, 2.05) is 42.3 Å². The Morgan fingerprint density at radius 2 is 1.86 bits per heavy atom. The summed E-state index contributed by atoms with van der Waals surface area (Å²) in [7, 11) is 1.92. The first-order valence-corrected chi connectivity index (χ1v) is 7.96. The Morgan fingerprint density at radius 3 is 2.48 bits per heavy atom. The number of amides is 1. The van der Waals surface area contributed by atoms with Crippen molar-refractivity contribution in [3.63, 3.8) is 0 Å². The topological polar surface area (TPSA) is 32.3 Å². The minimum absolute atomic E-state index is 0.0799. The number of likely N-dealkylation sites (N-methyl/N-ethyl adjacent to an activating group) is 1. The maximum absolute atomic E-state index is 12.3. The Morgan fingerprint density at radius 1 is 1.24 bits per heavy atom. The van der Waals surface area contributed by atoms with Gasteiger partial charge in [0.1, 0.15) is 0 Å². The number of hydrogen-bond acceptors (Lipinski definition) is 2. The van der Waals surface area contributed by atoms with Crippen LogP contribution in [-0.2, 0) is 4.79 Å². The SMILES string of the molecule is CN(C(=O)C=Cc1ccc(Cl)cc1)C1CC2CCC(C1)N2. The maximum Gasteiger partial charge on any atom is 0.246 e. The number of carbonyl (C=O) groups is 1. The number of carbonyl (C=O) groups excluding carboxylic acids is 1. The highest BCUT2D eigenvalue weighted by Crippen LogP contribution is 2.29. The molecule has 1 aromatic carbocycles. The number of halogens is 1. The molecule has 0 aliphatic carbocycles. The van der Waals surface area contributed by atoms with Gasteiger partial charge in [0.25, 0.3) is 0 Å². The summed E-state index contributed by atoms with van der Waals surface area (Å²) < 4.78 is 0. The summed E-state index contributed by atoms with van der Waals surface area (Å²) in [6, 6.07) is 9.06. The van der Waals surface area contributed by atoms with Crippen LogP contribution in [0.25, 0.3) is 6.08 Å². The fourth-order valence-electron chi connectivity index (χ4n) is 3.38. The predicted octanol–water partition coefficient (Wildman–Crippen LogP) is 3.09. The summed E-state index contributed by atoms with van der Waals surface area (Å²) >= 11 is 5.85. The van der Waals surface area contributed by atoms with Gasteiger partial charge in [0.05, 0.1) is 0 Å². The number of benzene rings is 1. The number of nitrogens with zero attached hydrogens (tertiary/aromatic N) is 1. The number of nitrogens with one attached hydrogen (secondary N) is 1. The molecule has 2 saturated heterocycles. The summed E-state index contributed by atoms with van der Waals surface area (Å²) in [5.74, 6) is 0.0799.